The fourth-order valence-corrected chi connectivity index (χ4v) is 3.74. The van der Waals surface area contributed by atoms with E-state index in [1.165, 1.54) is 12.8 Å². The normalized spacial score (nSPS) is 31.1. The maximum Gasteiger partial charge on any atom is 0.240 e. The smallest absolute Gasteiger partial charge is 0.240 e. The topological polar surface area (TPSA) is 70.1 Å². The number of likely N-dealkylation sites (N-methyl/N-ethyl adjacent to an activating group) is 1. The summed E-state index contributed by atoms with van der Waals surface area (Å²) in [5.74, 6) is 0.855. The molecule has 2 fully saturated rings. The summed E-state index contributed by atoms with van der Waals surface area (Å²) in [5, 5.41) is 8.63. The van der Waals surface area contributed by atoms with E-state index in [1.807, 2.05) is 6.92 Å². The standard InChI is InChI=1S/C14H23N3O/c1-2-17(9-3-8-15)13(18)12(16)14-6-4-11(10-14)5-7-14/h11-12H,2-7,9-10,16H2,1H3. The van der Waals surface area contributed by atoms with E-state index in [2.05, 4.69) is 6.07 Å². The second-order valence-corrected chi connectivity index (χ2v) is 5.81. The van der Waals surface area contributed by atoms with Crippen molar-refractivity contribution in [2.24, 2.45) is 17.1 Å². The van der Waals surface area contributed by atoms with Crippen LogP contribution in [0, 0.1) is 22.7 Å². The molecule has 0 aromatic carbocycles. The van der Waals surface area contributed by atoms with Crippen molar-refractivity contribution in [3.63, 3.8) is 0 Å². The zero-order valence-corrected chi connectivity index (χ0v) is 11.2. The van der Waals surface area contributed by atoms with Crippen molar-refractivity contribution in [1.82, 2.24) is 4.90 Å². The van der Waals surface area contributed by atoms with Gasteiger partial charge in [-0.05, 0) is 50.4 Å². The zero-order chi connectivity index (χ0) is 13.2. The van der Waals surface area contributed by atoms with Gasteiger partial charge in [0.05, 0.1) is 18.5 Å². The molecule has 0 aliphatic heterocycles. The highest BCUT2D eigenvalue weighted by atomic mass is 16.2. The van der Waals surface area contributed by atoms with Crippen LogP contribution in [0.15, 0.2) is 0 Å². The van der Waals surface area contributed by atoms with Crippen molar-refractivity contribution in [1.29, 1.82) is 5.26 Å². The minimum atomic E-state index is -0.358. The summed E-state index contributed by atoms with van der Waals surface area (Å²) < 4.78 is 0. The highest BCUT2D eigenvalue weighted by molar-refractivity contribution is 5.82. The number of rotatable bonds is 5. The third kappa shape index (κ3) is 2.24. The average molecular weight is 249 g/mol. The van der Waals surface area contributed by atoms with E-state index in [-0.39, 0.29) is 17.4 Å². The van der Waals surface area contributed by atoms with Crippen molar-refractivity contribution in [3.8, 4) is 6.07 Å². The molecule has 2 aliphatic rings. The molecule has 0 saturated heterocycles. The van der Waals surface area contributed by atoms with Gasteiger partial charge in [0.1, 0.15) is 0 Å². The lowest BCUT2D eigenvalue weighted by Gasteiger charge is -2.35. The highest BCUT2D eigenvalue weighted by Gasteiger charge is 2.51. The predicted molar refractivity (Wildman–Crippen MR) is 69.5 cm³/mol. The van der Waals surface area contributed by atoms with E-state index in [0.717, 1.165) is 25.2 Å². The summed E-state index contributed by atoms with van der Waals surface area (Å²) in [4.78, 5) is 14.2. The largest absolute Gasteiger partial charge is 0.341 e. The molecule has 1 unspecified atom stereocenters. The Morgan fingerprint density at radius 2 is 2.22 bits per heavy atom. The van der Waals surface area contributed by atoms with Gasteiger partial charge in [-0.15, -0.1) is 0 Å². The fourth-order valence-electron chi connectivity index (χ4n) is 3.74. The van der Waals surface area contributed by atoms with Crippen LogP contribution in [0.25, 0.3) is 0 Å². The van der Waals surface area contributed by atoms with E-state index in [9.17, 15) is 4.79 Å². The maximum atomic E-state index is 12.4. The first-order chi connectivity index (χ1) is 8.63. The van der Waals surface area contributed by atoms with Gasteiger partial charge in [-0.25, -0.2) is 0 Å². The monoisotopic (exact) mass is 249 g/mol. The molecule has 2 bridgehead atoms. The number of fused-ring (bicyclic) bond motifs is 2. The second kappa shape index (κ2) is 5.27. The van der Waals surface area contributed by atoms with Gasteiger partial charge >= 0.3 is 0 Å². The van der Waals surface area contributed by atoms with Gasteiger partial charge in [0.25, 0.3) is 0 Å². The van der Waals surface area contributed by atoms with Gasteiger partial charge in [0.2, 0.25) is 5.91 Å². The summed E-state index contributed by atoms with van der Waals surface area (Å²) >= 11 is 0. The Morgan fingerprint density at radius 1 is 1.56 bits per heavy atom. The Morgan fingerprint density at radius 3 is 2.67 bits per heavy atom. The number of carbonyl (C=O) groups is 1. The molecule has 4 nitrogen and oxygen atoms in total. The molecule has 2 rings (SSSR count). The highest BCUT2D eigenvalue weighted by Crippen LogP contribution is 2.55. The van der Waals surface area contributed by atoms with E-state index >= 15 is 0 Å². The lowest BCUT2D eigenvalue weighted by atomic mass is 9.77. The van der Waals surface area contributed by atoms with E-state index in [1.54, 1.807) is 4.90 Å². The van der Waals surface area contributed by atoms with Gasteiger partial charge in [0, 0.05) is 13.1 Å². The minimum absolute atomic E-state index is 0.0512. The second-order valence-electron chi connectivity index (χ2n) is 5.81. The van der Waals surface area contributed by atoms with Gasteiger partial charge in [-0.3, -0.25) is 4.79 Å². The summed E-state index contributed by atoms with van der Waals surface area (Å²) in [6, 6.07) is 1.74. The molecule has 4 heteroatoms. The van der Waals surface area contributed by atoms with Crippen LogP contribution in [0.2, 0.25) is 0 Å². The van der Waals surface area contributed by atoms with Crippen LogP contribution in [-0.2, 0) is 4.79 Å². The first-order valence-electron chi connectivity index (χ1n) is 7.04. The van der Waals surface area contributed by atoms with Gasteiger partial charge < -0.3 is 10.6 Å². The zero-order valence-electron chi connectivity index (χ0n) is 11.2. The van der Waals surface area contributed by atoms with Crippen molar-refractivity contribution in [2.45, 2.75) is 51.5 Å². The minimum Gasteiger partial charge on any atom is -0.341 e. The van der Waals surface area contributed by atoms with E-state index in [4.69, 9.17) is 11.0 Å². The molecule has 1 amide bonds. The molecule has 0 aromatic heterocycles. The Bertz CT molecular complexity index is 353. The molecular formula is C14H23N3O. The molecule has 100 valence electrons. The van der Waals surface area contributed by atoms with Crippen molar-refractivity contribution in [3.05, 3.63) is 0 Å². The molecule has 1 atom stereocenters. The van der Waals surface area contributed by atoms with Crippen LogP contribution in [-0.4, -0.2) is 29.9 Å². The number of carbonyl (C=O) groups excluding carboxylic acids is 1. The Kier molecular flexibility index (Phi) is 3.91. The SMILES string of the molecule is CCN(CCC#N)C(=O)C(N)C12CCC(CC1)C2. The third-order valence-electron chi connectivity index (χ3n) is 4.91. The van der Waals surface area contributed by atoms with Crippen LogP contribution in [0.5, 0.6) is 0 Å². The lowest BCUT2D eigenvalue weighted by molar-refractivity contribution is -0.135. The number of nitrogens with two attached hydrogens (primary N) is 1. The van der Waals surface area contributed by atoms with Gasteiger partial charge in [-0.1, -0.05) is 0 Å². The van der Waals surface area contributed by atoms with Gasteiger partial charge in [0.15, 0.2) is 0 Å². The van der Waals surface area contributed by atoms with Crippen molar-refractivity contribution in [2.75, 3.05) is 13.1 Å². The number of hydrogen-bond acceptors (Lipinski definition) is 3. The van der Waals surface area contributed by atoms with Crippen LogP contribution in [0.1, 0.15) is 45.4 Å². The quantitative estimate of drug-likeness (QED) is 0.805. The van der Waals surface area contributed by atoms with Gasteiger partial charge in [-0.2, -0.15) is 5.26 Å². The molecule has 2 saturated carbocycles. The van der Waals surface area contributed by atoms with Crippen molar-refractivity contribution < 1.29 is 4.79 Å². The van der Waals surface area contributed by atoms with Crippen LogP contribution in [0.4, 0.5) is 0 Å². The van der Waals surface area contributed by atoms with E-state index in [0.29, 0.717) is 19.5 Å². The first kappa shape index (κ1) is 13.4. The lowest BCUT2D eigenvalue weighted by Crippen LogP contribution is -2.52. The summed E-state index contributed by atoms with van der Waals surface area (Å²) in [6.45, 7) is 3.11. The Balaban J connectivity index is 2.01. The molecule has 2 N–H and O–H groups in total. The number of amides is 1. The Labute approximate surface area is 109 Å². The molecule has 0 spiro atoms. The molecule has 0 aromatic rings. The summed E-state index contributed by atoms with van der Waals surface area (Å²) in [6.07, 6.45) is 6.23. The fraction of sp³-hybridized carbons (Fsp3) is 0.857. The number of nitriles is 1. The van der Waals surface area contributed by atoms with E-state index < -0.39 is 0 Å². The molecular weight excluding hydrogens is 226 g/mol. The summed E-state index contributed by atoms with van der Waals surface area (Å²) in [7, 11) is 0. The number of hydrogen-bond donors (Lipinski definition) is 1. The molecule has 0 radical (unpaired) electrons. The first-order valence-corrected chi connectivity index (χ1v) is 7.04. The Hall–Kier alpha value is -1.08. The van der Waals surface area contributed by atoms with Crippen LogP contribution >= 0.6 is 0 Å². The van der Waals surface area contributed by atoms with Crippen molar-refractivity contribution >= 4 is 5.91 Å². The van der Waals surface area contributed by atoms with Crippen LogP contribution < -0.4 is 5.73 Å². The molecule has 18 heavy (non-hydrogen) atoms. The molecule has 0 heterocycles. The number of nitrogens with zero attached hydrogens (tertiary/aromatic N) is 2. The maximum absolute atomic E-state index is 12.4. The third-order valence-corrected chi connectivity index (χ3v) is 4.91. The average Bonchev–Trinajstić information content (AvgIpc) is 3.00. The summed E-state index contributed by atoms with van der Waals surface area (Å²) in [5.41, 5.74) is 6.34. The predicted octanol–water partition coefficient (Wildman–Crippen LogP) is 1.66. The van der Waals surface area contributed by atoms with Crippen LogP contribution in [0.3, 0.4) is 0 Å². The molecule has 2 aliphatic carbocycles.